The molecule has 0 radical (unpaired) electrons. The van der Waals surface area contributed by atoms with Crippen molar-refractivity contribution in [1.29, 1.82) is 0 Å². The molecule has 3 unspecified atom stereocenters. The molecule has 0 saturated carbocycles. The Morgan fingerprint density at radius 3 is 2.69 bits per heavy atom. The quantitative estimate of drug-likeness (QED) is 0.867. The lowest BCUT2D eigenvalue weighted by molar-refractivity contribution is -0.143. The summed E-state index contributed by atoms with van der Waals surface area (Å²) in [5, 5.41) is 12.3. The summed E-state index contributed by atoms with van der Waals surface area (Å²) in [6.45, 7) is 5.60. The predicted octanol–water partition coefficient (Wildman–Crippen LogP) is 2.66. The van der Waals surface area contributed by atoms with Crippen LogP contribution in [0.15, 0.2) is 30.3 Å². The number of hydrogen-bond acceptors (Lipinski definition) is 3. The highest BCUT2D eigenvalue weighted by Gasteiger charge is 2.32. The Labute approximate surface area is 155 Å². The minimum absolute atomic E-state index is 0.125. The van der Waals surface area contributed by atoms with Crippen molar-refractivity contribution in [1.82, 2.24) is 10.2 Å². The fraction of sp³-hybridized carbons (Fsp3) is 0.600. The van der Waals surface area contributed by atoms with E-state index in [0.717, 1.165) is 25.9 Å². The minimum Gasteiger partial charge on any atom is -0.481 e. The van der Waals surface area contributed by atoms with Crippen molar-refractivity contribution in [3.63, 3.8) is 0 Å². The van der Waals surface area contributed by atoms with Crippen LogP contribution in [0.2, 0.25) is 0 Å². The number of piperidine rings is 2. The van der Waals surface area contributed by atoms with Crippen LogP contribution in [0.4, 0.5) is 10.5 Å². The average Bonchev–Trinajstić information content (AvgIpc) is 2.66. The smallest absolute Gasteiger partial charge is 0.317 e. The number of carboxylic acids is 1. The summed E-state index contributed by atoms with van der Waals surface area (Å²) in [4.78, 5) is 27.8. The van der Waals surface area contributed by atoms with Gasteiger partial charge in [-0.05, 0) is 43.2 Å². The highest BCUT2D eigenvalue weighted by molar-refractivity contribution is 5.76. The second kappa shape index (κ2) is 8.43. The summed E-state index contributed by atoms with van der Waals surface area (Å²) in [7, 11) is 0. The van der Waals surface area contributed by atoms with E-state index in [4.69, 9.17) is 0 Å². The van der Waals surface area contributed by atoms with Crippen LogP contribution in [-0.2, 0) is 4.79 Å². The van der Waals surface area contributed by atoms with Crippen molar-refractivity contribution >= 4 is 17.7 Å². The molecule has 26 heavy (non-hydrogen) atoms. The molecule has 6 nitrogen and oxygen atoms in total. The highest BCUT2D eigenvalue weighted by atomic mass is 16.4. The van der Waals surface area contributed by atoms with Crippen LogP contribution in [0.3, 0.4) is 0 Å². The third-order valence-electron chi connectivity index (χ3n) is 5.48. The van der Waals surface area contributed by atoms with Crippen LogP contribution >= 0.6 is 0 Å². The zero-order valence-corrected chi connectivity index (χ0v) is 15.4. The summed E-state index contributed by atoms with van der Waals surface area (Å²) >= 11 is 0. The largest absolute Gasteiger partial charge is 0.481 e. The molecule has 1 aromatic carbocycles. The normalized spacial score (nSPS) is 26.4. The fourth-order valence-electron chi connectivity index (χ4n) is 4.14. The number of para-hydroxylation sites is 1. The van der Waals surface area contributed by atoms with Crippen LogP contribution in [0.25, 0.3) is 0 Å². The average molecular weight is 359 g/mol. The highest BCUT2D eigenvalue weighted by Crippen LogP contribution is 2.24. The Hall–Kier alpha value is -2.24. The molecule has 2 aliphatic heterocycles. The van der Waals surface area contributed by atoms with Crippen LogP contribution in [0.5, 0.6) is 0 Å². The van der Waals surface area contributed by atoms with E-state index in [1.165, 1.54) is 5.69 Å². The van der Waals surface area contributed by atoms with E-state index in [0.29, 0.717) is 32.0 Å². The first kappa shape index (κ1) is 18.5. The molecular formula is C20H29N3O3. The molecule has 2 heterocycles. The van der Waals surface area contributed by atoms with E-state index < -0.39 is 11.9 Å². The Balaban J connectivity index is 1.50. The van der Waals surface area contributed by atoms with Crippen molar-refractivity contribution in [2.75, 3.05) is 37.6 Å². The molecular weight excluding hydrogens is 330 g/mol. The maximum atomic E-state index is 12.5. The van der Waals surface area contributed by atoms with Gasteiger partial charge in [-0.3, -0.25) is 4.79 Å². The summed E-state index contributed by atoms with van der Waals surface area (Å²) in [5.41, 5.74) is 1.23. The van der Waals surface area contributed by atoms with Gasteiger partial charge in [0.1, 0.15) is 0 Å². The standard InChI is InChI=1S/C20H29N3O3/c1-15-10-17(19(24)25)14-23(12-15)20(26)21-11-16-6-5-9-22(13-16)18-7-3-2-4-8-18/h2-4,7-8,15-17H,5-6,9-14H2,1H3,(H,21,26)(H,24,25). The second-order valence-corrected chi connectivity index (χ2v) is 7.76. The minimum atomic E-state index is -0.805. The molecule has 142 valence electrons. The number of nitrogens with one attached hydrogen (secondary N) is 1. The lowest BCUT2D eigenvalue weighted by Gasteiger charge is -2.36. The molecule has 2 saturated heterocycles. The van der Waals surface area contributed by atoms with E-state index in [-0.39, 0.29) is 11.9 Å². The first-order chi connectivity index (χ1) is 12.5. The first-order valence-corrected chi connectivity index (χ1v) is 9.58. The number of likely N-dealkylation sites (tertiary alicyclic amines) is 1. The molecule has 2 fully saturated rings. The molecule has 0 spiro atoms. The zero-order valence-electron chi connectivity index (χ0n) is 15.4. The third-order valence-corrected chi connectivity index (χ3v) is 5.48. The first-order valence-electron chi connectivity index (χ1n) is 9.58. The number of urea groups is 1. The number of anilines is 1. The Morgan fingerprint density at radius 2 is 1.96 bits per heavy atom. The van der Waals surface area contributed by atoms with E-state index in [1.54, 1.807) is 4.90 Å². The SMILES string of the molecule is CC1CC(C(=O)O)CN(C(=O)NCC2CCCN(c3ccccc3)C2)C1. The number of amides is 2. The number of carboxylic acid groups (broad SMARTS) is 1. The van der Waals surface area contributed by atoms with Gasteiger partial charge in [0.25, 0.3) is 0 Å². The second-order valence-electron chi connectivity index (χ2n) is 7.76. The number of carbonyl (C=O) groups excluding carboxylic acids is 1. The maximum Gasteiger partial charge on any atom is 0.317 e. The van der Waals surface area contributed by atoms with Gasteiger partial charge in [0, 0.05) is 38.4 Å². The number of benzene rings is 1. The molecule has 0 aliphatic carbocycles. The number of rotatable bonds is 4. The van der Waals surface area contributed by atoms with Gasteiger partial charge < -0.3 is 20.2 Å². The molecule has 2 N–H and O–H groups in total. The number of hydrogen-bond donors (Lipinski definition) is 2. The molecule has 6 heteroatoms. The molecule has 0 bridgehead atoms. The van der Waals surface area contributed by atoms with Gasteiger partial charge in [-0.1, -0.05) is 25.1 Å². The van der Waals surface area contributed by atoms with E-state index in [1.807, 2.05) is 13.0 Å². The molecule has 1 aromatic rings. The van der Waals surface area contributed by atoms with Gasteiger partial charge in [0.2, 0.25) is 0 Å². The maximum absolute atomic E-state index is 12.5. The van der Waals surface area contributed by atoms with Crippen molar-refractivity contribution in [3.8, 4) is 0 Å². The van der Waals surface area contributed by atoms with Gasteiger partial charge >= 0.3 is 12.0 Å². The predicted molar refractivity (Wildman–Crippen MR) is 101 cm³/mol. The number of carbonyl (C=O) groups is 2. The van der Waals surface area contributed by atoms with E-state index >= 15 is 0 Å². The molecule has 2 aliphatic rings. The van der Waals surface area contributed by atoms with Gasteiger partial charge in [0.05, 0.1) is 5.92 Å². The Kier molecular flexibility index (Phi) is 6.01. The van der Waals surface area contributed by atoms with Crippen LogP contribution in [-0.4, -0.2) is 54.7 Å². The van der Waals surface area contributed by atoms with E-state index in [2.05, 4.69) is 34.5 Å². The van der Waals surface area contributed by atoms with Crippen molar-refractivity contribution in [2.45, 2.75) is 26.2 Å². The van der Waals surface area contributed by atoms with Crippen molar-refractivity contribution in [2.24, 2.45) is 17.8 Å². The van der Waals surface area contributed by atoms with Crippen molar-refractivity contribution in [3.05, 3.63) is 30.3 Å². The van der Waals surface area contributed by atoms with Gasteiger partial charge in [-0.15, -0.1) is 0 Å². The van der Waals surface area contributed by atoms with Crippen LogP contribution in [0.1, 0.15) is 26.2 Å². The van der Waals surface area contributed by atoms with Gasteiger partial charge in [-0.25, -0.2) is 4.79 Å². The topological polar surface area (TPSA) is 72.9 Å². The molecule has 3 rings (SSSR count). The zero-order chi connectivity index (χ0) is 18.5. The fourth-order valence-corrected chi connectivity index (χ4v) is 4.14. The lowest BCUT2D eigenvalue weighted by Crippen LogP contribution is -2.51. The lowest BCUT2D eigenvalue weighted by atomic mass is 9.91. The molecule has 0 aromatic heterocycles. The monoisotopic (exact) mass is 359 g/mol. The summed E-state index contributed by atoms with van der Waals surface area (Å²) in [5.74, 6) is -0.614. The Morgan fingerprint density at radius 1 is 1.19 bits per heavy atom. The van der Waals surface area contributed by atoms with Gasteiger partial charge in [0.15, 0.2) is 0 Å². The van der Waals surface area contributed by atoms with Crippen LogP contribution in [0, 0.1) is 17.8 Å². The van der Waals surface area contributed by atoms with Gasteiger partial charge in [-0.2, -0.15) is 0 Å². The Bertz CT molecular complexity index is 622. The third kappa shape index (κ3) is 4.68. The molecule has 3 atom stereocenters. The summed E-state index contributed by atoms with van der Waals surface area (Å²) in [6, 6.07) is 10.3. The summed E-state index contributed by atoms with van der Waals surface area (Å²) < 4.78 is 0. The number of aliphatic carboxylic acids is 1. The summed E-state index contributed by atoms with van der Waals surface area (Å²) in [6.07, 6.45) is 2.88. The number of nitrogens with zero attached hydrogens (tertiary/aromatic N) is 2. The van der Waals surface area contributed by atoms with E-state index in [9.17, 15) is 14.7 Å². The van der Waals surface area contributed by atoms with Crippen molar-refractivity contribution < 1.29 is 14.7 Å². The van der Waals surface area contributed by atoms with Crippen LogP contribution < -0.4 is 10.2 Å². The molecule has 2 amide bonds.